The normalized spacial score (nSPS) is 24.1. The van der Waals surface area contributed by atoms with Crippen molar-refractivity contribution < 1.29 is 14.3 Å². The van der Waals surface area contributed by atoms with Gasteiger partial charge in [0, 0.05) is 57.9 Å². The molecule has 3 N–H and O–H groups in total. The smallest absolute Gasteiger partial charge is 0.191 e. The van der Waals surface area contributed by atoms with Gasteiger partial charge in [-0.1, -0.05) is 12.8 Å². The van der Waals surface area contributed by atoms with Crippen molar-refractivity contribution in [2.75, 3.05) is 39.4 Å². The van der Waals surface area contributed by atoms with E-state index in [-0.39, 0.29) is 6.10 Å². The highest BCUT2D eigenvalue weighted by Gasteiger charge is 2.31. The predicted molar refractivity (Wildman–Crippen MR) is 120 cm³/mol. The lowest BCUT2D eigenvalue weighted by Gasteiger charge is -2.41. The molecule has 7 heteroatoms. The largest absolute Gasteiger partial charge is 0.469 e. The number of aliphatic hydroxyl groups is 1. The molecule has 0 radical (unpaired) electrons. The third-order valence-corrected chi connectivity index (χ3v) is 6.20. The first-order valence-electron chi connectivity index (χ1n) is 11.8. The van der Waals surface area contributed by atoms with Crippen molar-refractivity contribution in [1.82, 2.24) is 15.5 Å². The van der Waals surface area contributed by atoms with Gasteiger partial charge in [-0.3, -0.25) is 9.89 Å². The first-order chi connectivity index (χ1) is 14.8. The fourth-order valence-electron chi connectivity index (χ4n) is 4.50. The zero-order chi connectivity index (χ0) is 21.0. The lowest BCUT2D eigenvalue weighted by molar-refractivity contribution is 0.00810. The summed E-state index contributed by atoms with van der Waals surface area (Å²) in [5.74, 6) is 1.87. The summed E-state index contributed by atoms with van der Waals surface area (Å²) in [5.41, 5.74) is 0. The Labute approximate surface area is 181 Å². The maximum atomic E-state index is 10.4. The summed E-state index contributed by atoms with van der Waals surface area (Å²) in [4.78, 5) is 7.26. The Morgan fingerprint density at radius 1 is 1.27 bits per heavy atom. The number of guanidine groups is 1. The van der Waals surface area contributed by atoms with Crippen molar-refractivity contribution in [2.45, 2.75) is 76.5 Å². The average Bonchev–Trinajstić information content (AvgIpc) is 3.28. The van der Waals surface area contributed by atoms with E-state index in [2.05, 4.69) is 15.5 Å². The fraction of sp³-hybridized carbons (Fsp3) is 0.783. The summed E-state index contributed by atoms with van der Waals surface area (Å²) in [6, 6.07) is 4.71. The third-order valence-electron chi connectivity index (χ3n) is 6.20. The molecule has 30 heavy (non-hydrogen) atoms. The topological polar surface area (TPSA) is 82.3 Å². The molecule has 7 nitrogen and oxygen atoms in total. The van der Waals surface area contributed by atoms with Gasteiger partial charge in [-0.2, -0.15) is 0 Å². The molecular weight excluding hydrogens is 380 g/mol. The Morgan fingerprint density at radius 2 is 2.10 bits per heavy atom. The fourth-order valence-corrected chi connectivity index (χ4v) is 4.50. The van der Waals surface area contributed by atoms with Crippen LogP contribution in [-0.4, -0.2) is 73.5 Å². The van der Waals surface area contributed by atoms with Gasteiger partial charge in [0.15, 0.2) is 5.96 Å². The first-order valence-corrected chi connectivity index (χ1v) is 11.8. The number of ether oxygens (including phenoxy) is 1. The third kappa shape index (κ3) is 7.60. The molecule has 170 valence electrons. The Bertz CT molecular complexity index is 600. The van der Waals surface area contributed by atoms with Crippen LogP contribution in [0, 0.1) is 0 Å². The Kier molecular flexibility index (Phi) is 9.99. The number of nitrogens with zero attached hydrogens (tertiary/aromatic N) is 2. The number of aliphatic imine (C=N–C) groups is 1. The molecule has 1 aliphatic heterocycles. The number of hydrogen-bond acceptors (Lipinski definition) is 5. The van der Waals surface area contributed by atoms with Crippen molar-refractivity contribution in [3.8, 4) is 0 Å². The van der Waals surface area contributed by atoms with Crippen LogP contribution in [0.2, 0.25) is 0 Å². The number of rotatable bonds is 10. The molecule has 0 amide bonds. The minimum atomic E-state index is -0.144. The highest BCUT2D eigenvalue weighted by molar-refractivity contribution is 5.80. The molecular formula is C23H40N4O3. The van der Waals surface area contributed by atoms with Crippen molar-refractivity contribution in [2.24, 2.45) is 4.99 Å². The summed E-state index contributed by atoms with van der Waals surface area (Å²) < 4.78 is 10.9. The minimum absolute atomic E-state index is 0.144. The molecule has 0 aromatic carbocycles. The number of hydrogen-bond donors (Lipinski definition) is 3. The maximum absolute atomic E-state index is 10.4. The van der Waals surface area contributed by atoms with Crippen LogP contribution >= 0.6 is 0 Å². The van der Waals surface area contributed by atoms with Crippen LogP contribution < -0.4 is 10.6 Å². The number of nitrogens with one attached hydrogen (secondary N) is 2. The van der Waals surface area contributed by atoms with Crippen LogP contribution in [0.3, 0.4) is 0 Å². The van der Waals surface area contributed by atoms with Crippen LogP contribution in [-0.2, 0) is 11.2 Å². The van der Waals surface area contributed by atoms with Gasteiger partial charge in [0.1, 0.15) is 5.76 Å². The van der Waals surface area contributed by atoms with Gasteiger partial charge in [-0.25, -0.2) is 0 Å². The van der Waals surface area contributed by atoms with E-state index >= 15 is 0 Å². The van der Waals surface area contributed by atoms with Crippen molar-refractivity contribution in [3.05, 3.63) is 24.2 Å². The second-order valence-electron chi connectivity index (χ2n) is 8.41. The molecule has 2 aliphatic rings. The van der Waals surface area contributed by atoms with Crippen LogP contribution in [0.15, 0.2) is 27.8 Å². The van der Waals surface area contributed by atoms with E-state index in [1.54, 1.807) is 6.26 Å². The van der Waals surface area contributed by atoms with E-state index in [0.29, 0.717) is 12.1 Å². The quantitative estimate of drug-likeness (QED) is 0.307. The van der Waals surface area contributed by atoms with E-state index in [9.17, 15) is 5.11 Å². The van der Waals surface area contributed by atoms with E-state index in [0.717, 1.165) is 89.6 Å². The molecule has 0 bridgehead atoms. The van der Waals surface area contributed by atoms with Crippen LogP contribution in [0.5, 0.6) is 0 Å². The Balaban J connectivity index is 1.44. The second kappa shape index (κ2) is 13.0. The zero-order valence-corrected chi connectivity index (χ0v) is 18.5. The van der Waals surface area contributed by atoms with Gasteiger partial charge in [0.05, 0.1) is 12.4 Å². The van der Waals surface area contributed by atoms with E-state index in [4.69, 9.17) is 14.1 Å². The summed E-state index contributed by atoms with van der Waals surface area (Å²) >= 11 is 0. The number of piperidine rings is 1. The molecule has 2 heterocycles. The molecule has 1 aromatic heterocycles. The molecule has 2 unspecified atom stereocenters. The summed E-state index contributed by atoms with van der Waals surface area (Å²) in [6.07, 6.45) is 10.0. The van der Waals surface area contributed by atoms with E-state index in [1.165, 1.54) is 12.8 Å². The second-order valence-corrected chi connectivity index (χ2v) is 8.41. The lowest BCUT2D eigenvalue weighted by Crippen LogP contribution is -2.53. The van der Waals surface area contributed by atoms with Gasteiger partial charge < -0.3 is 24.9 Å². The van der Waals surface area contributed by atoms with Gasteiger partial charge in [-0.05, 0) is 51.2 Å². The van der Waals surface area contributed by atoms with Gasteiger partial charge >= 0.3 is 0 Å². The number of furan rings is 1. The Morgan fingerprint density at radius 3 is 2.83 bits per heavy atom. The average molecular weight is 421 g/mol. The molecule has 3 rings (SSSR count). The highest BCUT2D eigenvalue weighted by Crippen LogP contribution is 2.25. The summed E-state index contributed by atoms with van der Waals surface area (Å²) in [7, 11) is 0. The van der Waals surface area contributed by atoms with Crippen LogP contribution in [0.25, 0.3) is 0 Å². The molecule has 1 aliphatic carbocycles. The maximum Gasteiger partial charge on any atom is 0.191 e. The van der Waals surface area contributed by atoms with E-state index < -0.39 is 0 Å². The summed E-state index contributed by atoms with van der Waals surface area (Å²) in [5, 5.41) is 17.5. The first kappa shape index (κ1) is 23.1. The van der Waals surface area contributed by atoms with Gasteiger partial charge in [-0.15, -0.1) is 0 Å². The van der Waals surface area contributed by atoms with Gasteiger partial charge in [0.2, 0.25) is 0 Å². The van der Waals surface area contributed by atoms with Crippen molar-refractivity contribution in [1.29, 1.82) is 0 Å². The van der Waals surface area contributed by atoms with E-state index in [1.807, 2.05) is 19.1 Å². The molecule has 0 spiro atoms. The predicted octanol–water partition coefficient (Wildman–Crippen LogP) is 2.55. The highest BCUT2D eigenvalue weighted by atomic mass is 16.5. The molecule has 1 aromatic rings. The summed E-state index contributed by atoms with van der Waals surface area (Å²) in [6.45, 7) is 7.16. The number of likely N-dealkylation sites (tertiary alicyclic amines) is 1. The zero-order valence-electron chi connectivity index (χ0n) is 18.5. The lowest BCUT2D eigenvalue weighted by atomic mass is 9.89. The molecule has 1 saturated heterocycles. The SMILES string of the molecule is CCOCCCN=C(NCCc1ccco1)NC1CCN(C2CCCCC2O)CC1. The van der Waals surface area contributed by atoms with Gasteiger partial charge in [0.25, 0.3) is 0 Å². The Hall–Kier alpha value is -1.57. The monoisotopic (exact) mass is 420 g/mol. The molecule has 2 atom stereocenters. The van der Waals surface area contributed by atoms with Crippen molar-refractivity contribution >= 4 is 5.96 Å². The standard InChI is InChI=1S/C23H40N4O3/c1-2-29-17-6-13-24-23(25-14-10-20-7-5-18-30-20)26-19-11-15-27(16-12-19)21-8-3-4-9-22(21)28/h5,7,18-19,21-22,28H,2-4,6,8-17H2,1H3,(H2,24,25,26). The minimum Gasteiger partial charge on any atom is -0.469 e. The molecule has 1 saturated carbocycles. The molecule has 2 fully saturated rings. The van der Waals surface area contributed by atoms with Crippen LogP contribution in [0.4, 0.5) is 0 Å². The van der Waals surface area contributed by atoms with Crippen molar-refractivity contribution in [3.63, 3.8) is 0 Å². The number of aliphatic hydroxyl groups excluding tert-OH is 1. The van der Waals surface area contributed by atoms with Crippen LogP contribution in [0.1, 0.15) is 57.6 Å².